The molecule has 104 valence electrons. The molecule has 0 aliphatic heterocycles. The normalized spacial score (nSPS) is 11.4. The minimum absolute atomic E-state index is 0.558. The second-order valence-electron chi connectivity index (χ2n) is 5.08. The van der Waals surface area contributed by atoms with Gasteiger partial charge in [-0.2, -0.15) is 16.9 Å². The van der Waals surface area contributed by atoms with E-state index in [9.17, 15) is 0 Å². The van der Waals surface area contributed by atoms with Crippen LogP contribution in [0.5, 0.6) is 0 Å². The maximum absolute atomic E-state index is 4.66. The second kappa shape index (κ2) is 7.85. The van der Waals surface area contributed by atoms with Crippen LogP contribution in [-0.2, 0) is 13.0 Å². The molecule has 0 aliphatic rings. The van der Waals surface area contributed by atoms with E-state index in [4.69, 9.17) is 0 Å². The largest absolute Gasteiger partial charge is 0.314 e. The van der Waals surface area contributed by atoms with E-state index >= 15 is 0 Å². The summed E-state index contributed by atoms with van der Waals surface area (Å²) < 4.78 is 2.18. The van der Waals surface area contributed by atoms with E-state index in [-0.39, 0.29) is 0 Å². The van der Waals surface area contributed by atoms with Crippen molar-refractivity contribution < 1.29 is 0 Å². The summed E-state index contributed by atoms with van der Waals surface area (Å²) >= 11 is 1.90. The number of nitrogens with one attached hydrogen (secondary N) is 1. The number of nitrogens with zero attached hydrogens (tertiary/aromatic N) is 2. The van der Waals surface area contributed by atoms with Crippen molar-refractivity contribution in [3.05, 3.63) is 17.0 Å². The summed E-state index contributed by atoms with van der Waals surface area (Å²) in [7, 11) is 0. The van der Waals surface area contributed by atoms with Crippen molar-refractivity contribution in [2.45, 2.75) is 53.1 Å². The van der Waals surface area contributed by atoms with E-state index in [0.717, 1.165) is 19.5 Å². The number of aryl methyl sites for hydroxylation is 2. The van der Waals surface area contributed by atoms with Gasteiger partial charge in [0.25, 0.3) is 0 Å². The monoisotopic (exact) mass is 269 g/mol. The maximum Gasteiger partial charge on any atom is 0.0628 e. The summed E-state index contributed by atoms with van der Waals surface area (Å²) in [5.41, 5.74) is 3.97. The number of rotatable bonds is 8. The molecule has 0 aromatic carbocycles. The molecule has 0 unspecified atom stereocenters. The topological polar surface area (TPSA) is 29.9 Å². The summed E-state index contributed by atoms with van der Waals surface area (Å²) in [6.45, 7) is 10.8. The zero-order valence-electron chi connectivity index (χ0n) is 12.4. The van der Waals surface area contributed by atoms with Crippen LogP contribution in [0.2, 0.25) is 0 Å². The van der Waals surface area contributed by atoms with Gasteiger partial charge in [0, 0.05) is 18.3 Å². The fraction of sp³-hybridized carbons (Fsp3) is 0.786. The molecule has 1 N–H and O–H groups in total. The predicted octanol–water partition coefficient (Wildman–Crippen LogP) is 2.79. The van der Waals surface area contributed by atoms with Crippen molar-refractivity contribution in [3.63, 3.8) is 0 Å². The summed E-state index contributed by atoms with van der Waals surface area (Å²) in [4.78, 5) is 0. The molecule has 0 radical (unpaired) electrons. The van der Waals surface area contributed by atoms with Crippen LogP contribution in [-0.4, -0.2) is 34.4 Å². The van der Waals surface area contributed by atoms with Gasteiger partial charge in [-0.05, 0) is 50.8 Å². The van der Waals surface area contributed by atoms with Crippen LogP contribution in [0.1, 0.15) is 37.2 Å². The van der Waals surface area contributed by atoms with Crippen LogP contribution in [0.3, 0.4) is 0 Å². The number of hydrogen-bond acceptors (Lipinski definition) is 3. The molecule has 18 heavy (non-hydrogen) atoms. The Morgan fingerprint density at radius 2 is 2.06 bits per heavy atom. The lowest BCUT2D eigenvalue weighted by Gasteiger charge is -2.08. The van der Waals surface area contributed by atoms with Crippen molar-refractivity contribution >= 4 is 11.8 Å². The average molecular weight is 269 g/mol. The van der Waals surface area contributed by atoms with Gasteiger partial charge in [0.05, 0.1) is 5.69 Å². The summed E-state index contributed by atoms with van der Waals surface area (Å²) in [6, 6.07) is 0.558. The lowest BCUT2D eigenvalue weighted by Crippen LogP contribution is -2.25. The molecule has 0 spiro atoms. The third kappa shape index (κ3) is 4.65. The van der Waals surface area contributed by atoms with Crippen LogP contribution in [0.25, 0.3) is 0 Å². The molecule has 1 aromatic heterocycles. The Hall–Kier alpha value is -0.480. The van der Waals surface area contributed by atoms with Crippen LogP contribution < -0.4 is 5.32 Å². The van der Waals surface area contributed by atoms with Crippen molar-refractivity contribution in [1.82, 2.24) is 15.1 Å². The first kappa shape index (κ1) is 15.6. The Labute approximate surface area is 116 Å². The molecule has 0 atom stereocenters. The lowest BCUT2D eigenvalue weighted by atomic mass is 10.1. The third-order valence-electron chi connectivity index (χ3n) is 3.18. The molecule has 4 heteroatoms. The molecule has 0 aliphatic carbocycles. The smallest absolute Gasteiger partial charge is 0.0628 e. The van der Waals surface area contributed by atoms with Crippen LogP contribution in [0, 0.1) is 13.8 Å². The highest BCUT2D eigenvalue weighted by molar-refractivity contribution is 7.98. The van der Waals surface area contributed by atoms with Gasteiger partial charge in [-0.1, -0.05) is 13.8 Å². The lowest BCUT2D eigenvalue weighted by molar-refractivity contribution is 0.580. The number of thioether (sulfide) groups is 1. The quantitative estimate of drug-likeness (QED) is 0.736. The summed E-state index contributed by atoms with van der Waals surface area (Å²) in [5.74, 6) is 1.21. The van der Waals surface area contributed by atoms with Gasteiger partial charge < -0.3 is 5.32 Å². The average Bonchev–Trinajstić information content (AvgIpc) is 2.56. The third-order valence-corrected chi connectivity index (χ3v) is 3.87. The Morgan fingerprint density at radius 3 is 2.67 bits per heavy atom. The van der Waals surface area contributed by atoms with Crippen LogP contribution in [0.15, 0.2) is 0 Å². The molecule has 1 aromatic rings. The fourth-order valence-corrected chi connectivity index (χ4v) is 2.58. The van der Waals surface area contributed by atoms with Gasteiger partial charge in [0.2, 0.25) is 0 Å². The highest BCUT2D eigenvalue weighted by Gasteiger charge is 2.10. The molecular weight excluding hydrogens is 242 g/mol. The Kier molecular flexibility index (Phi) is 6.79. The highest BCUT2D eigenvalue weighted by Crippen LogP contribution is 2.14. The van der Waals surface area contributed by atoms with Gasteiger partial charge in [0.15, 0.2) is 0 Å². The van der Waals surface area contributed by atoms with Crippen LogP contribution >= 0.6 is 11.8 Å². The van der Waals surface area contributed by atoms with Gasteiger partial charge >= 0.3 is 0 Å². The molecule has 0 saturated carbocycles. The van der Waals surface area contributed by atoms with E-state index in [0.29, 0.717) is 6.04 Å². The first-order valence-electron chi connectivity index (χ1n) is 6.81. The van der Waals surface area contributed by atoms with Gasteiger partial charge in [-0.25, -0.2) is 0 Å². The molecule has 0 bridgehead atoms. The molecular formula is C14H27N3S. The fourth-order valence-electron chi connectivity index (χ4n) is 2.16. The zero-order valence-corrected chi connectivity index (χ0v) is 13.2. The van der Waals surface area contributed by atoms with E-state index in [2.05, 4.69) is 49.0 Å². The van der Waals surface area contributed by atoms with Gasteiger partial charge in [-0.15, -0.1) is 0 Å². The zero-order chi connectivity index (χ0) is 13.5. The molecule has 0 amide bonds. The molecule has 0 saturated heterocycles. The van der Waals surface area contributed by atoms with E-state index in [1.165, 1.54) is 29.1 Å². The van der Waals surface area contributed by atoms with Crippen molar-refractivity contribution in [2.75, 3.05) is 18.6 Å². The molecule has 3 nitrogen and oxygen atoms in total. The maximum atomic E-state index is 4.66. The van der Waals surface area contributed by atoms with Crippen molar-refractivity contribution in [1.29, 1.82) is 0 Å². The van der Waals surface area contributed by atoms with Crippen molar-refractivity contribution in [3.8, 4) is 0 Å². The number of aromatic nitrogens is 2. The van der Waals surface area contributed by atoms with Gasteiger partial charge in [0.1, 0.15) is 0 Å². The van der Waals surface area contributed by atoms with E-state index in [1.807, 2.05) is 11.8 Å². The first-order valence-corrected chi connectivity index (χ1v) is 8.20. The second-order valence-corrected chi connectivity index (χ2v) is 6.06. The SMILES string of the molecule is CSCCCn1nc(C)c(CCNC(C)C)c1C. The standard InChI is InChI=1S/C14H27N3S/c1-11(2)15-8-7-14-12(3)16-17(13(14)4)9-6-10-18-5/h11,15H,6-10H2,1-5H3. The summed E-state index contributed by atoms with van der Waals surface area (Å²) in [5, 5.41) is 8.13. The van der Waals surface area contributed by atoms with E-state index < -0.39 is 0 Å². The molecule has 1 rings (SSSR count). The number of hydrogen-bond donors (Lipinski definition) is 1. The molecule has 0 fully saturated rings. The minimum Gasteiger partial charge on any atom is -0.314 e. The molecule has 1 heterocycles. The highest BCUT2D eigenvalue weighted by atomic mass is 32.2. The minimum atomic E-state index is 0.558. The van der Waals surface area contributed by atoms with Crippen molar-refractivity contribution in [2.24, 2.45) is 0 Å². The van der Waals surface area contributed by atoms with E-state index in [1.54, 1.807) is 0 Å². The summed E-state index contributed by atoms with van der Waals surface area (Å²) in [6.07, 6.45) is 4.44. The van der Waals surface area contributed by atoms with Gasteiger partial charge in [-0.3, -0.25) is 4.68 Å². The Bertz CT molecular complexity index is 358. The Morgan fingerprint density at radius 1 is 1.33 bits per heavy atom. The predicted molar refractivity (Wildman–Crippen MR) is 81.5 cm³/mol. The Balaban J connectivity index is 2.57. The first-order chi connectivity index (χ1) is 8.56. The van der Waals surface area contributed by atoms with Crippen LogP contribution in [0.4, 0.5) is 0 Å².